The summed E-state index contributed by atoms with van der Waals surface area (Å²) in [6.07, 6.45) is 1.27. The van der Waals surface area contributed by atoms with Crippen molar-refractivity contribution in [1.82, 2.24) is 0 Å². The highest BCUT2D eigenvalue weighted by atomic mass is 16.6. The van der Waals surface area contributed by atoms with E-state index in [2.05, 4.69) is 13.8 Å². The first-order valence-electron chi connectivity index (χ1n) is 6.35. The molecule has 0 spiro atoms. The van der Waals surface area contributed by atoms with Crippen molar-refractivity contribution in [1.29, 1.82) is 0 Å². The number of esters is 1. The van der Waals surface area contributed by atoms with Gasteiger partial charge in [-0.3, -0.25) is 4.79 Å². The highest BCUT2D eigenvalue weighted by molar-refractivity contribution is 5.69. The van der Waals surface area contributed by atoms with E-state index >= 15 is 0 Å². The summed E-state index contributed by atoms with van der Waals surface area (Å²) in [7, 11) is 1.70. The predicted octanol–water partition coefficient (Wildman–Crippen LogP) is 3.56. The van der Waals surface area contributed by atoms with Crippen LogP contribution in [0.15, 0.2) is 0 Å². The minimum atomic E-state index is -0.561. The highest BCUT2D eigenvalue weighted by Crippen LogP contribution is 2.47. The Morgan fingerprint density at radius 1 is 1.00 bits per heavy atom. The van der Waals surface area contributed by atoms with Crippen molar-refractivity contribution < 1.29 is 14.3 Å². The lowest BCUT2D eigenvalue weighted by Crippen LogP contribution is -2.57. The highest BCUT2D eigenvalue weighted by Gasteiger charge is 2.53. The molecule has 0 amide bonds. The lowest BCUT2D eigenvalue weighted by molar-refractivity contribution is -0.202. The summed E-state index contributed by atoms with van der Waals surface area (Å²) in [4.78, 5) is 11.5. The van der Waals surface area contributed by atoms with Gasteiger partial charge in [0.25, 0.3) is 0 Å². The van der Waals surface area contributed by atoms with Crippen LogP contribution < -0.4 is 0 Å². The largest absolute Gasteiger partial charge is 0.459 e. The molecule has 0 aliphatic rings. The molecule has 17 heavy (non-hydrogen) atoms. The van der Waals surface area contributed by atoms with E-state index in [0.717, 1.165) is 6.42 Å². The minimum absolute atomic E-state index is 0.165. The third-order valence-electron chi connectivity index (χ3n) is 4.53. The molecule has 0 radical (unpaired) electrons. The van der Waals surface area contributed by atoms with Gasteiger partial charge in [-0.25, -0.2) is 0 Å². The fourth-order valence-electron chi connectivity index (χ4n) is 2.27. The Kier molecular flexibility index (Phi) is 5.20. The fourth-order valence-corrected chi connectivity index (χ4v) is 2.27. The topological polar surface area (TPSA) is 35.5 Å². The number of methoxy groups -OCH3 is 1. The molecular formula is C14H28O3. The summed E-state index contributed by atoms with van der Waals surface area (Å²) >= 11 is 0. The number of carbonyl (C=O) groups excluding carboxylic acids is 1. The van der Waals surface area contributed by atoms with E-state index in [1.807, 2.05) is 34.6 Å². The van der Waals surface area contributed by atoms with Crippen LogP contribution in [-0.2, 0) is 14.3 Å². The summed E-state index contributed by atoms with van der Waals surface area (Å²) in [5.41, 5.74) is -1.17. The molecule has 0 aliphatic heterocycles. The summed E-state index contributed by atoms with van der Waals surface area (Å²) < 4.78 is 11.2. The normalized spacial score (nSPS) is 16.5. The number of carbonyl (C=O) groups is 1. The average molecular weight is 244 g/mol. The van der Waals surface area contributed by atoms with Crippen LogP contribution in [0.25, 0.3) is 0 Å². The number of ether oxygens (including phenoxy) is 2. The molecule has 0 aromatic heterocycles. The van der Waals surface area contributed by atoms with Gasteiger partial charge < -0.3 is 9.47 Å². The lowest BCUT2D eigenvalue weighted by Gasteiger charge is -2.51. The van der Waals surface area contributed by atoms with Gasteiger partial charge in [0, 0.05) is 18.9 Å². The Bertz CT molecular complexity index is 269. The van der Waals surface area contributed by atoms with Gasteiger partial charge in [-0.1, -0.05) is 20.8 Å². The van der Waals surface area contributed by atoms with Gasteiger partial charge in [0.05, 0.1) is 5.60 Å². The van der Waals surface area contributed by atoms with Gasteiger partial charge in [-0.05, 0) is 34.1 Å². The quantitative estimate of drug-likeness (QED) is 0.670. The molecule has 0 fully saturated rings. The second-order valence-corrected chi connectivity index (χ2v) is 5.74. The maximum absolute atomic E-state index is 11.5. The molecule has 0 aliphatic carbocycles. The summed E-state index contributed by atoms with van der Waals surface area (Å²) in [5, 5.41) is 0. The van der Waals surface area contributed by atoms with E-state index in [1.54, 1.807) is 7.11 Å². The zero-order chi connectivity index (χ0) is 13.9. The summed E-state index contributed by atoms with van der Waals surface area (Å²) in [5.74, 6) is -0.165. The first-order chi connectivity index (χ1) is 7.58. The molecule has 0 aromatic carbocycles. The Morgan fingerprint density at radius 3 is 1.76 bits per heavy atom. The van der Waals surface area contributed by atoms with Crippen LogP contribution in [0.5, 0.6) is 0 Å². The third-order valence-corrected chi connectivity index (χ3v) is 4.53. The standard InChI is InChI=1S/C14H28O3/c1-9-11(15)17-13(5,6)14(7,10-2)12(3,4)16-8/h9-10H2,1-8H3. The molecule has 0 saturated carbocycles. The number of hydrogen-bond acceptors (Lipinski definition) is 3. The zero-order valence-electron chi connectivity index (χ0n) is 12.6. The molecule has 0 N–H and O–H groups in total. The van der Waals surface area contributed by atoms with E-state index in [0.29, 0.717) is 6.42 Å². The Balaban J connectivity index is 5.28. The molecule has 1 atom stereocenters. The first kappa shape index (κ1) is 16.4. The molecule has 1 unspecified atom stereocenters. The smallest absolute Gasteiger partial charge is 0.306 e. The SMILES string of the molecule is CCC(=O)OC(C)(C)C(C)(CC)C(C)(C)OC. The van der Waals surface area contributed by atoms with Crippen LogP contribution in [0, 0.1) is 5.41 Å². The van der Waals surface area contributed by atoms with Crippen molar-refractivity contribution in [2.45, 2.75) is 72.5 Å². The van der Waals surface area contributed by atoms with Crippen LogP contribution in [0.4, 0.5) is 0 Å². The minimum Gasteiger partial charge on any atom is -0.459 e. The van der Waals surface area contributed by atoms with E-state index < -0.39 is 5.60 Å². The van der Waals surface area contributed by atoms with Crippen molar-refractivity contribution in [3.63, 3.8) is 0 Å². The maximum atomic E-state index is 11.5. The number of rotatable bonds is 6. The Morgan fingerprint density at radius 2 is 1.47 bits per heavy atom. The summed E-state index contributed by atoms with van der Waals surface area (Å²) in [6.45, 7) is 14.0. The molecule has 0 rings (SSSR count). The predicted molar refractivity (Wildman–Crippen MR) is 69.9 cm³/mol. The van der Waals surface area contributed by atoms with Crippen LogP contribution in [-0.4, -0.2) is 24.3 Å². The van der Waals surface area contributed by atoms with E-state index in [1.165, 1.54) is 0 Å². The lowest BCUT2D eigenvalue weighted by atomic mass is 9.63. The van der Waals surface area contributed by atoms with Gasteiger partial charge in [0.1, 0.15) is 5.60 Å². The molecule has 0 bridgehead atoms. The van der Waals surface area contributed by atoms with E-state index in [-0.39, 0.29) is 17.0 Å². The fraction of sp³-hybridized carbons (Fsp3) is 0.929. The molecular weight excluding hydrogens is 216 g/mol. The van der Waals surface area contributed by atoms with Crippen LogP contribution in [0.2, 0.25) is 0 Å². The molecule has 0 heterocycles. The summed E-state index contributed by atoms with van der Waals surface area (Å²) in [6, 6.07) is 0. The zero-order valence-corrected chi connectivity index (χ0v) is 12.6. The van der Waals surface area contributed by atoms with Gasteiger partial charge >= 0.3 is 5.97 Å². The third kappa shape index (κ3) is 3.01. The van der Waals surface area contributed by atoms with E-state index in [4.69, 9.17) is 9.47 Å². The van der Waals surface area contributed by atoms with Crippen molar-refractivity contribution in [3.8, 4) is 0 Å². The number of hydrogen-bond donors (Lipinski definition) is 0. The van der Waals surface area contributed by atoms with Crippen molar-refractivity contribution in [2.75, 3.05) is 7.11 Å². The second-order valence-electron chi connectivity index (χ2n) is 5.74. The van der Waals surface area contributed by atoms with Crippen molar-refractivity contribution >= 4 is 5.97 Å². The van der Waals surface area contributed by atoms with Gasteiger partial charge in [-0.2, -0.15) is 0 Å². The first-order valence-corrected chi connectivity index (χ1v) is 6.35. The Labute approximate surface area is 106 Å². The van der Waals surface area contributed by atoms with Crippen LogP contribution in [0.3, 0.4) is 0 Å². The van der Waals surface area contributed by atoms with Gasteiger partial charge in [-0.15, -0.1) is 0 Å². The van der Waals surface area contributed by atoms with Crippen LogP contribution in [0.1, 0.15) is 61.3 Å². The monoisotopic (exact) mass is 244 g/mol. The molecule has 3 heteroatoms. The van der Waals surface area contributed by atoms with Crippen molar-refractivity contribution in [3.05, 3.63) is 0 Å². The van der Waals surface area contributed by atoms with Crippen molar-refractivity contribution in [2.24, 2.45) is 5.41 Å². The molecule has 0 aromatic rings. The second kappa shape index (κ2) is 5.38. The van der Waals surface area contributed by atoms with E-state index in [9.17, 15) is 4.79 Å². The van der Waals surface area contributed by atoms with Gasteiger partial charge in [0.15, 0.2) is 0 Å². The molecule has 102 valence electrons. The van der Waals surface area contributed by atoms with Gasteiger partial charge in [0.2, 0.25) is 0 Å². The molecule has 3 nitrogen and oxygen atoms in total. The Hall–Kier alpha value is -0.570. The van der Waals surface area contributed by atoms with Crippen LogP contribution >= 0.6 is 0 Å². The average Bonchev–Trinajstić information content (AvgIpc) is 2.26. The molecule has 0 saturated heterocycles. The maximum Gasteiger partial charge on any atom is 0.306 e.